The lowest BCUT2D eigenvalue weighted by Gasteiger charge is -2.13. The van der Waals surface area contributed by atoms with Crippen molar-refractivity contribution in [3.8, 4) is 0 Å². The topological polar surface area (TPSA) is 54.3 Å². The second-order valence-corrected chi connectivity index (χ2v) is 5.24. The van der Waals surface area contributed by atoms with Gasteiger partial charge in [-0.25, -0.2) is 0 Å². The van der Waals surface area contributed by atoms with E-state index in [0.717, 1.165) is 18.7 Å². The van der Waals surface area contributed by atoms with E-state index in [1.165, 1.54) is 32.1 Å². The number of carbonyl (C=O) groups excluding carboxylic acids is 1. The minimum absolute atomic E-state index is 0.0207. The molecule has 4 heteroatoms. The van der Waals surface area contributed by atoms with Gasteiger partial charge in [0, 0.05) is 0 Å². The first-order valence-electron chi connectivity index (χ1n) is 7.77. The molecule has 0 aromatic carbocycles. The van der Waals surface area contributed by atoms with Crippen LogP contribution in [0.2, 0.25) is 0 Å². The molecule has 1 heterocycles. The number of furan rings is 1. The molecule has 0 fully saturated rings. The van der Waals surface area contributed by atoms with Gasteiger partial charge in [0.2, 0.25) is 5.91 Å². The number of hydrogen-bond donors (Lipinski definition) is 2. The van der Waals surface area contributed by atoms with Gasteiger partial charge in [-0.1, -0.05) is 39.0 Å². The van der Waals surface area contributed by atoms with Gasteiger partial charge in [-0.05, 0) is 32.0 Å². The molecule has 0 aliphatic heterocycles. The zero-order chi connectivity index (χ0) is 14.6. The van der Waals surface area contributed by atoms with Crippen LogP contribution in [0.3, 0.4) is 0 Å². The number of nitrogens with one attached hydrogen (secondary N) is 2. The van der Waals surface area contributed by atoms with E-state index in [1.54, 1.807) is 6.26 Å². The standard InChI is InChI=1S/C16H28N2O2/c1-3-4-5-6-7-8-11-17-14(2)16(19)18-13-15-10-9-12-20-15/h9-10,12,14,17H,3-8,11,13H2,1-2H3,(H,18,19). The molecular weight excluding hydrogens is 252 g/mol. The van der Waals surface area contributed by atoms with Crippen molar-refractivity contribution in [3.63, 3.8) is 0 Å². The molecule has 1 aromatic rings. The Labute approximate surface area is 122 Å². The summed E-state index contributed by atoms with van der Waals surface area (Å²) in [5.41, 5.74) is 0. The molecule has 1 atom stereocenters. The lowest BCUT2D eigenvalue weighted by molar-refractivity contribution is -0.123. The molecule has 1 amide bonds. The quantitative estimate of drug-likeness (QED) is 0.612. The summed E-state index contributed by atoms with van der Waals surface area (Å²) in [5.74, 6) is 0.800. The summed E-state index contributed by atoms with van der Waals surface area (Å²) in [6, 6.07) is 3.52. The fraction of sp³-hybridized carbons (Fsp3) is 0.688. The van der Waals surface area contributed by atoms with E-state index in [0.29, 0.717) is 6.54 Å². The van der Waals surface area contributed by atoms with Crippen LogP contribution >= 0.6 is 0 Å². The average molecular weight is 280 g/mol. The lowest BCUT2D eigenvalue weighted by Crippen LogP contribution is -2.42. The molecule has 20 heavy (non-hydrogen) atoms. The van der Waals surface area contributed by atoms with Gasteiger partial charge in [-0.15, -0.1) is 0 Å². The molecule has 114 valence electrons. The fourth-order valence-electron chi connectivity index (χ4n) is 2.06. The van der Waals surface area contributed by atoms with E-state index in [4.69, 9.17) is 4.42 Å². The number of carbonyl (C=O) groups is 1. The smallest absolute Gasteiger partial charge is 0.237 e. The third kappa shape index (κ3) is 7.34. The molecule has 0 spiro atoms. The highest BCUT2D eigenvalue weighted by Crippen LogP contribution is 2.04. The van der Waals surface area contributed by atoms with Crippen LogP contribution in [0, 0.1) is 0 Å². The van der Waals surface area contributed by atoms with Gasteiger partial charge in [-0.3, -0.25) is 4.79 Å². The summed E-state index contributed by atoms with van der Waals surface area (Å²) >= 11 is 0. The Bertz CT molecular complexity index is 349. The van der Waals surface area contributed by atoms with Gasteiger partial charge in [0.1, 0.15) is 5.76 Å². The van der Waals surface area contributed by atoms with Gasteiger partial charge in [-0.2, -0.15) is 0 Å². The van der Waals surface area contributed by atoms with E-state index in [1.807, 2.05) is 19.1 Å². The normalized spacial score (nSPS) is 12.3. The van der Waals surface area contributed by atoms with Crippen molar-refractivity contribution in [2.75, 3.05) is 6.54 Å². The minimum atomic E-state index is -0.152. The van der Waals surface area contributed by atoms with Gasteiger partial charge in [0.15, 0.2) is 0 Å². The maximum atomic E-state index is 11.8. The Morgan fingerprint density at radius 3 is 2.70 bits per heavy atom. The van der Waals surface area contributed by atoms with E-state index < -0.39 is 0 Å². The molecular formula is C16H28N2O2. The third-order valence-corrected chi connectivity index (χ3v) is 3.39. The first-order valence-corrected chi connectivity index (χ1v) is 7.77. The predicted molar refractivity (Wildman–Crippen MR) is 81.4 cm³/mol. The van der Waals surface area contributed by atoms with Crippen molar-refractivity contribution in [2.45, 2.75) is 65.0 Å². The second-order valence-electron chi connectivity index (χ2n) is 5.24. The highest BCUT2D eigenvalue weighted by molar-refractivity contribution is 5.81. The van der Waals surface area contributed by atoms with Gasteiger partial charge in [0.05, 0.1) is 18.8 Å². The predicted octanol–water partition coefficient (Wildman–Crippen LogP) is 3.23. The van der Waals surface area contributed by atoms with Crippen LogP contribution in [-0.2, 0) is 11.3 Å². The summed E-state index contributed by atoms with van der Waals surface area (Å²) in [5, 5.41) is 6.12. The molecule has 0 saturated heterocycles. The summed E-state index contributed by atoms with van der Waals surface area (Å²) in [6.45, 7) is 5.48. The Morgan fingerprint density at radius 2 is 2.00 bits per heavy atom. The second kappa shape index (κ2) is 10.5. The van der Waals surface area contributed by atoms with Gasteiger partial charge in [0.25, 0.3) is 0 Å². The summed E-state index contributed by atoms with van der Waals surface area (Å²) in [4.78, 5) is 11.8. The number of amides is 1. The Hall–Kier alpha value is -1.29. The molecule has 1 aromatic heterocycles. The Morgan fingerprint density at radius 1 is 1.25 bits per heavy atom. The van der Waals surface area contributed by atoms with Crippen LogP contribution in [-0.4, -0.2) is 18.5 Å². The van der Waals surface area contributed by atoms with E-state index >= 15 is 0 Å². The summed E-state index contributed by atoms with van der Waals surface area (Å²) < 4.78 is 5.17. The third-order valence-electron chi connectivity index (χ3n) is 3.39. The van der Waals surface area contributed by atoms with Crippen molar-refractivity contribution in [1.29, 1.82) is 0 Å². The van der Waals surface area contributed by atoms with Crippen LogP contribution in [0.15, 0.2) is 22.8 Å². The molecule has 0 aliphatic rings. The molecule has 1 unspecified atom stereocenters. The maximum absolute atomic E-state index is 11.8. The van der Waals surface area contributed by atoms with Crippen LogP contribution in [0.25, 0.3) is 0 Å². The number of rotatable bonds is 11. The molecule has 2 N–H and O–H groups in total. The summed E-state index contributed by atoms with van der Waals surface area (Å²) in [6.07, 6.45) is 9.24. The van der Waals surface area contributed by atoms with Gasteiger partial charge < -0.3 is 15.1 Å². The van der Waals surface area contributed by atoms with Crippen LogP contribution in [0.4, 0.5) is 0 Å². The molecule has 1 rings (SSSR count). The zero-order valence-electron chi connectivity index (χ0n) is 12.8. The SMILES string of the molecule is CCCCCCCCNC(C)C(=O)NCc1ccco1. The van der Waals surface area contributed by atoms with Crippen molar-refractivity contribution in [1.82, 2.24) is 10.6 Å². The largest absolute Gasteiger partial charge is 0.467 e. The molecule has 0 radical (unpaired) electrons. The maximum Gasteiger partial charge on any atom is 0.237 e. The highest BCUT2D eigenvalue weighted by atomic mass is 16.3. The van der Waals surface area contributed by atoms with Crippen LogP contribution in [0.5, 0.6) is 0 Å². The molecule has 0 aliphatic carbocycles. The van der Waals surface area contributed by atoms with Crippen LogP contribution < -0.4 is 10.6 Å². The first-order chi connectivity index (χ1) is 9.74. The summed E-state index contributed by atoms with van der Waals surface area (Å²) in [7, 11) is 0. The zero-order valence-corrected chi connectivity index (χ0v) is 12.8. The van der Waals surface area contributed by atoms with E-state index in [-0.39, 0.29) is 11.9 Å². The molecule has 0 bridgehead atoms. The van der Waals surface area contributed by atoms with Crippen molar-refractivity contribution in [2.24, 2.45) is 0 Å². The molecule has 0 saturated carbocycles. The Kier molecular flexibility index (Phi) is 8.79. The van der Waals surface area contributed by atoms with E-state index in [2.05, 4.69) is 17.6 Å². The van der Waals surface area contributed by atoms with Crippen molar-refractivity contribution < 1.29 is 9.21 Å². The van der Waals surface area contributed by atoms with Crippen molar-refractivity contribution >= 4 is 5.91 Å². The monoisotopic (exact) mass is 280 g/mol. The van der Waals surface area contributed by atoms with E-state index in [9.17, 15) is 4.79 Å². The fourth-order valence-corrected chi connectivity index (χ4v) is 2.06. The Balaban J connectivity index is 2.00. The number of unbranched alkanes of at least 4 members (excludes halogenated alkanes) is 5. The average Bonchev–Trinajstić information content (AvgIpc) is 2.96. The minimum Gasteiger partial charge on any atom is -0.467 e. The van der Waals surface area contributed by atoms with Crippen molar-refractivity contribution in [3.05, 3.63) is 24.2 Å². The van der Waals surface area contributed by atoms with Crippen LogP contribution in [0.1, 0.15) is 58.1 Å². The lowest BCUT2D eigenvalue weighted by atomic mass is 10.1. The highest BCUT2D eigenvalue weighted by Gasteiger charge is 2.11. The number of hydrogen-bond acceptors (Lipinski definition) is 3. The molecule has 4 nitrogen and oxygen atoms in total. The van der Waals surface area contributed by atoms with Gasteiger partial charge >= 0.3 is 0 Å². The first kappa shape index (κ1) is 16.8.